The molecule has 0 atom stereocenters. The van der Waals surface area contributed by atoms with Crippen molar-refractivity contribution in [3.05, 3.63) is 0 Å². The van der Waals surface area contributed by atoms with Crippen molar-refractivity contribution in [1.29, 1.82) is 0 Å². The number of unbranched alkanes of at least 4 members (excludes halogenated alkanes) is 3. The van der Waals surface area contributed by atoms with Crippen molar-refractivity contribution in [3.63, 3.8) is 0 Å². The van der Waals surface area contributed by atoms with Gasteiger partial charge in [0.2, 0.25) is 0 Å². The lowest BCUT2D eigenvalue weighted by atomic mass is 10.2. The molecular formula is C12H25ClO4. The molecule has 0 aromatic heterocycles. The van der Waals surface area contributed by atoms with E-state index in [9.17, 15) is 0 Å². The summed E-state index contributed by atoms with van der Waals surface area (Å²) in [5.74, 6) is 0.757. The van der Waals surface area contributed by atoms with E-state index in [4.69, 9.17) is 30.9 Å². The van der Waals surface area contributed by atoms with Crippen LogP contribution in [0.3, 0.4) is 0 Å². The molecule has 0 aromatic carbocycles. The van der Waals surface area contributed by atoms with E-state index < -0.39 is 0 Å². The quantitative estimate of drug-likeness (QED) is 0.386. The molecule has 0 amide bonds. The fourth-order valence-electron chi connectivity index (χ4n) is 1.26. The molecule has 0 aromatic rings. The lowest BCUT2D eigenvalue weighted by Gasteiger charge is -2.06. The van der Waals surface area contributed by atoms with Gasteiger partial charge in [-0.15, -0.1) is 11.6 Å². The summed E-state index contributed by atoms with van der Waals surface area (Å²) in [5, 5.41) is 8.45. The lowest BCUT2D eigenvalue weighted by molar-refractivity contribution is 0.00720. The Morgan fingerprint density at radius 3 is 1.76 bits per heavy atom. The van der Waals surface area contributed by atoms with Gasteiger partial charge in [0, 0.05) is 12.5 Å². The van der Waals surface area contributed by atoms with Gasteiger partial charge >= 0.3 is 0 Å². The van der Waals surface area contributed by atoms with E-state index in [-0.39, 0.29) is 6.61 Å². The van der Waals surface area contributed by atoms with Gasteiger partial charge in [-0.2, -0.15) is 0 Å². The highest BCUT2D eigenvalue weighted by molar-refractivity contribution is 6.17. The number of alkyl halides is 1. The molecule has 17 heavy (non-hydrogen) atoms. The smallest absolute Gasteiger partial charge is 0.0701 e. The second-order valence-corrected chi connectivity index (χ2v) is 4.04. The Balaban J connectivity index is 2.85. The molecule has 0 aliphatic rings. The van der Waals surface area contributed by atoms with Crippen molar-refractivity contribution < 1.29 is 19.3 Å². The molecule has 1 N–H and O–H groups in total. The first-order valence-corrected chi connectivity index (χ1v) is 6.85. The maximum Gasteiger partial charge on any atom is 0.0701 e. The molecule has 0 aliphatic heterocycles. The summed E-state index contributed by atoms with van der Waals surface area (Å²) in [6, 6.07) is 0. The van der Waals surface area contributed by atoms with E-state index in [0.29, 0.717) is 33.0 Å². The molecule has 0 radical (unpaired) electrons. The van der Waals surface area contributed by atoms with Crippen LogP contribution in [0.5, 0.6) is 0 Å². The third-order valence-corrected chi connectivity index (χ3v) is 2.42. The van der Waals surface area contributed by atoms with Crippen LogP contribution in [0.4, 0.5) is 0 Å². The molecular weight excluding hydrogens is 244 g/mol. The van der Waals surface area contributed by atoms with E-state index in [2.05, 4.69) is 0 Å². The average Bonchev–Trinajstić information content (AvgIpc) is 2.35. The Hall–Kier alpha value is 0.130. The number of aliphatic hydroxyl groups is 1. The molecule has 0 heterocycles. The van der Waals surface area contributed by atoms with Crippen LogP contribution < -0.4 is 0 Å². The van der Waals surface area contributed by atoms with E-state index in [0.717, 1.165) is 25.3 Å². The molecule has 0 saturated heterocycles. The van der Waals surface area contributed by atoms with Gasteiger partial charge in [-0.05, 0) is 12.8 Å². The molecule has 0 rings (SSSR count). The number of hydrogen-bond acceptors (Lipinski definition) is 4. The Labute approximate surface area is 109 Å². The molecule has 5 heteroatoms. The predicted octanol–water partition coefficient (Wildman–Crippen LogP) is 1.83. The van der Waals surface area contributed by atoms with Crippen LogP contribution in [0.15, 0.2) is 0 Å². The van der Waals surface area contributed by atoms with Crippen LogP contribution in [0.1, 0.15) is 25.7 Å². The van der Waals surface area contributed by atoms with Gasteiger partial charge < -0.3 is 19.3 Å². The molecule has 0 fully saturated rings. The minimum Gasteiger partial charge on any atom is -0.394 e. The summed E-state index contributed by atoms with van der Waals surface area (Å²) in [7, 11) is 0. The molecule has 0 spiro atoms. The summed E-state index contributed by atoms with van der Waals surface area (Å²) in [6.45, 7) is 3.55. The average molecular weight is 269 g/mol. The number of hydrogen-bond donors (Lipinski definition) is 1. The highest BCUT2D eigenvalue weighted by Gasteiger charge is 1.92. The summed E-state index contributed by atoms with van der Waals surface area (Å²) in [5.41, 5.74) is 0. The monoisotopic (exact) mass is 268 g/mol. The normalized spacial score (nSPS) is 10.9. The second-order valence-electron chi connectivity index (χ2n) is 3.66. The molecule has 4 nitrogen and oxygen atoms in total. The number of rotatable bonds is 14. The minimum atomic E-state index is 0.0623. The number of aliphatic hydroxyl groups excluding tert-OH is 1. The fraction of sp³-hybridized carbons (Fsp3) is 1.00. The first-order chi connectivity index (χ1) is 8.41. The zero-order valence-electron chi connectivity index (χ0n) is 10.5. The van der Waals surface area contributed by atoms with Crippen molar-refractivity contribution >= 4 is 11.6 Å². The predicted molar refractivity (Wildman–Crippen MR) is 68.7 cm³/mol. The Morgan fingerprint density at radius 2 is 1.18 bits per heavy atom. The highest BCUT2D eigenvalue weighted by Crippen LogP contribution is 2.00. The minimum absolute atomic E-state index is 0.0623. The van der Waals surface area contributed by atoms with Crippen LogP contribution in [-0.2, 0) is 14.2 Å². The van der Waals surface area contributed by atoms with Crippen molar-refractivity contribution in [3.8, 4) is 0 Å². The summed E-state index contributed by atoms with van der Waals surface area (Å²) < 4.78 is 15.7. The van der Waals surface area contributed by atoms with E-state index in [1.165, 1.54) is 12.8 Å². The van der Waals surface area contributed by atoms with Crippen LogP contribution in [0, 0.1) is 0 Å². The summed E-state index contributed by atoms with van der Waals surface area (Å²) in [6.07, 6.45) is 4.56. The molecule has 0 bridgehead atoms. The number of halogens is 1. The van der Waals surface area contributed by atoms with Gasteiger partial charge in [-0.3, -0.25) is 0 Å². The molecule has 0 unspecified atom stereocenters. The van der Waals surface area contributed by atoms with Crippen molar-refractivity contribution in [2.45, 2.75) is 25.7 Å². The lowest BCUT2D eigenvalue weighted by Crippen LogP contribution is -2.11. The topological polar surface area (TPSA) is 47.9 Å². The maximum atomic E-state index is 8.45. The van der Waals surface area contributed by atoms with Gasteiger partial charge in [-0.1, -0.05) is 12.8 Å². The van der Waals surface area contributed by atoms with Gasteiger partial charge in [-0.25, -0.2) is 0 Å². The van der Waals surface area contributed by atoms with Crippen LogP contribution in [0.2, 0.25) is 0 Å². The van der Waals surface area contributed by atoms with Crippen molar-refractivity contribution in [1.82, 2.24) is 0 Å². The molecule has 104 valence electrons. The van der Waals surface area contributed by atoms with E-state index in [1.807, 2.05) is 0 Å². The Morgan fingerprint density at radius 1 is 0.647 bits per heavy atom. The van der Waals surface area contributed by atoms with Crippen molar-refractivity contribution in [2.75, 3.05) is 52.1 Å². The van der Waals surface area contributed by atoms with Crippen LogP contribution >= 0.6 is 11.6 Å². The summed E-state index contributed by atoms with van der Waals surface area (Å²) in [4.78, 5) is 0. The second kappa shape index (κ2) is 16.1. The van der Waals surface area contributed by atoms with Gasteiger partial charge in [0.15, 0.2) is 0 Å². The van der Waals surface area contributed by atoms with E-state index in [1.54, 1.807) is 0 Å². The summed E-state index contributed by atoms with van der Waals surface area (Å²) >= 11 is 5.57. The zero-order chi connectivity index (χ0) is 12.6. The van der Waals surface area contributed by atoms with Gasteiger partial charge in [0.05, 0.1) is 39.6 Å². The Bertz CT molecular complexity index is 122. The van der Waals surface area contributed by atoms with Crippen molar-refractivity contribution in [2.24, 2.45) is 0 Å². The third-order valence-electron chi connectivity index (χ3n) is 2.15. The Kier molecular flexibility index (Phi) is 16.3. The number of ether oxygens (including phenoxy) is 3. The third kappa shape index (κ3) is 16.1. The first kappa shape index (κ1) is 17.1. The van der Waals surface area contributed by atoms with Crippen LogP contribution in [-0.4, -0.2) is 57.2 Å². The maximum absolute atomic E-state index is 8.45. The first-order valence-electron chi connectivity index (χ1n) is 6.32. The largest absolute Gasteiger partial charge is 0.394 e. The highest BCUT2D eigenvalue weighted by atomic mass is 35.5. The standard InChI is InChI=1S/C12H25ClO4/c13-5-3-1-2-4-7-15-9-11-17-12-10-16-8-6-14/h14H,1-12H2. The molecule has 0 saturated carbocycles. The van der Waals surface area contributed by atoms with Crippen LogP contribution in [0.25, 0.3) is 0 Å². The van der Waals surface area contributed by atoms with E-state index >= 15 is 0 Å². The van der Waals surface area contributed by atoms with Gasteiger partial charge in [0.25, 0.3) is 0 Å². The zero-order valence-corrected chi connectivity index (χ0v) is 11.3. The molecule has 0 aliphatic carbocycles. The van der Waals surface area contributed by atoms with Gasteiger partial charge in [0.1, 0.15) is 0 Å². The fourth-order valence-corrected chi connectivity index (χ4v) is 1.45. The SMILES string of the molecule is OCCOCCOCCOCCCCCCCl.